The first-order valence-corrected chi connectivity index (χ1v) is 7.06. The second-order valence-corrected chi connectivity index (χ2v) is 5.35. The van der Waals surface area contributed by atoms with Crippen LogP contribution >= 0.6 is 0 Å². The number of hydrogen-bond acceptors (Lipinski definition) is 7. The molecule has 1 aromatic rings. The van der Waals surface area contributed by atoms with Crippen LogP contribution in [0.15, 0.2) is 28.2 Å². The summed E-state index contributed by atoms with van der Waals surface area (Å²) in [6, 6.07) is 5.02. The van der Waals surface area contributed by atoms with E-state index in [0.29, 0.717) is 0 Å². The lowest BCUT2D eigenvalue weighted by molar-refractivity contribution is -0.114. The molecule has 22 heavy (non-hydrogen) atoms. The first kappa shape index (κ1) is 17.1. The molecule has 0 aliphatic carbocycles. The molecule has 0 heterocycles. The van der Waals surface area contributed by atoms with E-state index >= 15 is 0 Å². The van der Waals surface area contributed by atoms with Crippen molar-refractivity contribution in [2.75, 3.05) is 10.7 Å². The Labute approximate surface area is 125 Å². The maximum absolute atomic E-state index is 11.3. The second-order valence-electron chi connectivity index (χ2n) is 3.96. The van der Waals surface area contributed by atoms with Gasteiger partial charge in [-0.1, -0.05) is 0 Å². The zero-order valence-electron chi connectivity index (χ0n) is 11.3. The van der Waals surface area contributed by atoms with E-state index in [9.17, 15) is 13.2 Å². The van der Waals surface area contributed by atoms with Crippen molar-refractivity contribution in [3.8, 4) is 6.07 Å². The molecule has 1 aromatic carbocycles. The van der Waals surface area contributed by atoms with Crippen molar-refractivity contribution in [1.29, 1.82) is 10.7 Å². The highest BCUT2D eigenvalue weighted by molar-refractivity contribution is 7.86. The van der Waals surface area contributed by atoms with Gasteiger partial charge in [0.25, 0.3) is 10.1 Å². The second kappa shape index (κ2) is 6.66. The smallest absolute Gasteiger partial charge is 0.296 e. The molecule has 0 saturated carbocycles. The third-order valence-corrected chi connectivity index (χ3v) is 3.14. The van der Waals surface area contributed by atoms with Crippen molar-refractivity contribution in [3.63, 3.8) is 0 Å². The molecular formula is C11H12N6O4S. The third-order valence-electron chi connectivity index (χ3n) is 2.23. The number of benzene rings is 1. The van der Waals surface area contributed by atoms with E-state index in [0.717, 1.165) is 6.07 Å². The number of nitrogens with zero attached hydrogens (tertiary/aromatic N) is 2. The molecule has 1 amide bonds. The van der Waals surface area contributed by atoms with Crippen LogP contribution in [-0.4, -0.2) is 30.4 Å². The number of rotatable bonds is 5. The minimum absolute atomic E-state index is 0.206. The number of amides is 1. The zero-order chi connectivity index (χ0) is 16.9. The van der Waals surface area contributed by atoms with E-state index in [4.69, 9.17) is 21.0 Å². The molecule has 0 aliphatic rings. The van der Waals surface area contributed by atoms with Crippen molar-refractivity contribution in [2.45, 2.75) is 11.8 Å². The molecule has 0 fully saturated rings. The van der Waals surface area contributed by atoms with Gasteiger partial charge in [-0.15, -0.1) is 0 Å². The number of hydrazone groups is 1. The van der Waals surface area contributed by atoms with Crippen LogP contribution in [0.2, 0.25) is 0 Å². The summed E-state index contributed by atoms with van der Waals surface area (Å²) >= 11 is 0. The summed E-state index contributed by atoms with van der Waals surface area (Å²) < 4.78 is 31.7. The summed E-state index contributed by atoms with van der Waals surface area (Å²) in [6.07, 6.45) is 0. The predicted octanol–water partition coefficient (Wildman–Crippen LogP) is 0.119. The monoisotopic (exact) mass is 324 g/mol. The Kier molecular flexibility index (Phi) is 5.17. The van der Waals surface area contributed by atoms with Crippen LogP contribution in [-0.2, 0) is 14.9 Å². The standard InChI is InChI=1S/C11H12N6O4S/c1-6(18)15-7-2-3-10(22(19,20)21)8(4-7)16-17-9(5-12)11(13)14/h2-4,16H,1H3,(H3,13,14)(H,15,18)(H,19,20,21)/b17-9+. The average Bonchev–Trinajstić information content (AvgIpc) is 2.37. The summed E-state index contributed by atoms with van der Waals surface area (Å²) in [6.45, 7) is 1.26. The maximum atomic E-state index is 11.3. The SMILES string of the molecule is CC(=O)Nc1ccc(S(=O)(=O)O)c(N/N=C(\C#N)C(=N)N)c1. The Morgan fingerprint density at radius 3 is 2.59 bits per heavy atom. The lowest BCUT2D eigenvalue weighted by Crippen LogP contribution is -2.22. The molecule has 0 atom stereocenters. The van der Waals surface area contributed by atoms with Crippen LogP contribution in [0.25, 0.3) is 0 Å². The van der Waals surface area contributed by atoms with Crippen LogP contribution in [0, 0.1) is 16.7 Å². The molecule has 11 heteroatoms. The zero-order valence-corrected chi connectivity index (χ0v) is 12.1. The van der Waals surface area contributed by atoms with Crippen LogP contribution < -0.4 is 16.5 Å². The lowest BCUT2D eigenvalue weighted by Gasteiger charge is -2.09. The van der Waals surface area contributed by atoms with Crippen molar-refractivity contribution in [1.82, 2.24) is 0 Å². The third kappa shape index (κ3) is 4.54. The summed E-state index contributed by atoms with van der Waals surface area (Å²) in [5.41, 5.74) is 6.87. The summed E-state index contributed by atoms with van der Waals surface area (Å²) in [5.74, 6) is -1.02. The Bertz CT molecular complexity index is 793. The number of carbonyl (C=O) groups excluding carboxylic acids is 1. The molecule has 0 bridgehead atoms. The van der Waals surface area contributed by atoms with Gasteiger partial charge in [0.15, 0.2) is 5.84 Å². The number of nitrogens with two attached hydrogens (primary N) is 1. The highest BCUT2D eigenvalue weighted by atomic mass is 32.2. The Morgan fingerprint density at radius 1 is 1.50 bits per heavy atom. The maximum Gasteiger partial charge on any atom is 0.296 e. The van der Waals surface area contributed by atoms with Gasteiger partial charge in [-0.3, -0.25) is 20.2 Å². The molecule has 1 rings (SSSR count). The van der Waals surface area contributed by atoms with Crippen LogP contribution in [0.1, 0.15) is 6.92 Å². The van der Waals surface area contributed by atoms with Crippen molar-refractivity contribution < 1.29 is 17.8 Å². The molecule has 0 saturated heterocycles. The topological polar surface area (TPSA) is 182 Å². The molecule has 10 nitrogen and oxygen atoms in total. The van der Waals surface area contributed by atoms with Gasteiger partial charge in [-0.25, -0.2) is 0 Å². The van der Waals surface area contributed by atoms with E-state index < -0.39 is 32.5 Å². The molecule has 0 unspecified atom stereocenters. The van der Waals surface area contributed by atoms with Gasteiger partial charge in [0, 0.05) is 12.6 Å². The summed E-state index contributed by atoms with van der Waals surface area (Å²) in [4.78, 5) is 10.5. The quantitative estimate of drug-likeness (QED) is 0.220. The highest BCUT2D eigenvalue weighted by Gasteiger charge is 2.16. The van der Waals surface area contributed by atoms with Crippen LogP contribution in [0.4, 0.5) is 11.4 Å². The van der Waals surface area contributed by atoms with Gasteiger partial charge in [0.2, 0.25) is 11.6 Å². The summed E-state index contributed by atoms with van der Waals surface area (Å²) in [5, 5.41) is 21.7. The fraction of sp³-hybridized carbons (Fsp3) is 0.0909. The Morgan fingerprint density at radius 2 is 2.14 bits per heavy atom. The number of amidine groups is 1. The van der Waals surface area contributed by atoms with Crippen molar-refractivity contribution in [2.24, 2.45) is 10.8 Å². The predicted molar refractivity (Wildman–Crippen MR) is 79.1 cm³/mol. The van der Waals surface area contributed by atoms with Gasteiger partial charge < -0.3 is 11.1 Å². The van der Waals surface area contributed by atoms with Crippen LogP contribution in [0.3, 0.4) is 0 Å². The molecule has 6 N–H and O–H groups in total. The molecule has 0 aliphatic heterocycles. The van der Waals surface area contributed by atoms with Gasteiger partial charge in [0.1, 0.15) is 11.0 Å². The Balaban J connectivity index is 3.32. The largest absolute Gasteiger partial charge is 0.382 e. The number of nitriles is 1. The first-order valence-electron chi connectivity index (χ1n) is 5.62. The lowest BCUT2D eigenvalue weighted by atomic mass is 10.3. The number of anilines is 2. The first-order chi connectivity index (χ1) is 10.1. The molecule has 0 spiro atoms. The summed E-state index contributed by atoms with van der Waals surface area (Å²) in [7, 11) is -4.57. The van der Waals surface area contributed by atoms with E-state index in [1.165, 1.54) is 25.1 Å². The van der Waals surface area contributed by atoms with Gasteiger partial charge in [-0.2, -0.15) is 18.8 Å². The Hall–Kier alpha value is -2.97. The van der Waals surface area contributed by atoms with Gasteiger partial charge >= 0.3 is 0 Å². The van der Waals surface area contributed by atoms with Gasteiger partial charge in [-0.05, 0) is 18.2 Å². The van der Waals surface area contributed by atoms with E-state index in [1.807, 2.05) is 0 Å². The number of carbonyl (C=O) groups is 1. The molecular weight excluding hydrogens is 312 g/mol. The van der Waals surface area contributed by atoms with E-state index in [-0.39, 0.29) is 11.4 Å². The molecule has 0 aromatic heterocycles. The minimum atomic E-state index is -4.57. The van der Waals surface area contributed by atoms with Crippen LogP contribution in [0.5, 0.6) is 0 Å². The van der Waals surface area contributed by atoms with Crippen molar-refractivity contribution in [3.05, 3.63) is 18.2 Å². The number of nitrogens with one attached hydrogen (secondary N) is 3. The normalized spacial score (nSPS) is 11.4. The fourth-order valence-electron chi connectivity index (χ4n) is 1.38. The van der Waals surface area contributed by atoms with E-state index in [1.54, 1.807) is 0 Å². The minimum Gasteiger partial charge on any atom is -0.382 e. The van der Waals surface area contributed by atoms with Crippen molar-refractivity contribution >= 4 is 38.9 Å². The van der Waals surface area contributed by atoms with E-state index in [2.05, 4.69) is 15.8 Å². The highest BCUT2D eigenvalue weighted by Crippen LogP contribution is 2.25. The molecule has 116 valence electrons. The van der Waals surface area contributed by atoms with Gasteiger partial charge in [0.05, 0.1) is 5.69 Å². The number of hydrogen-bond donors (Lipinski definition) is 5. The fourth-order valence-corrected chi connectivity index (χ4v) is 2.01. The molecule has 0 radical (unpaired) electrons. The average molecular weight is 324 g/mol.